The topological polar surface area (TPSA) is 93.6 Å². The Morgan fingerprint density at radius 3 is 2.82 bits per heavy atom. The van der Waals surface area contributed by atoms with Crippen molar-refractivity contribution in [3.8, 4) is 17.2 Å². The molecule has 1 fully saturated rings. The molecule has 0 saturated carbocycles. The van der Waals surface area contributed by atoms with E-state index in [1.807, 2.05) is 0 Å². The van der Waals surface area contributed by atoms with E-state index in [1.54, 1.807) is 48.8 Å². The molecule has 8 nitrogen and oxygen atoms in total. The van der Waals surface area contributed by atoms with Crippen LogP contribution in [0.5, 0.6) is 5.75 Å². The molecule has 0 unspecified atom stereocenters. The molecular weight excluding hydrogens is 384 g/mol. The lowest BCUT2D eigenvalue weighted by molar-refractivity contribution is 0.190. The summed E-state index contributed by atoms with van der Waals surface area (Å²) in [5.41, 5.74) is 1.30. The number of likely N-dealkylation sites (tertiary alicyclic amines) is 1. The Bertz CT molecular complexity index is 949. The van der Waals surface area contributed by atoms with Gasteiger partial charge in [-0.15, -0.1) is 10.2 Å². The largest absolute Gasteiger partial charge is 0.495 e. The van der Waals surface area contributed by atoms with Crippen LogP contribution in [-0.4, -0.2) is 41.3 Å². The molecule has 2 amide bonds. The molecule has 1 N–H and O–H groups in total. The zero-order valence-electron chi connectivity index (χ0n) is 15.2. The Morgan fingerprint density at radius 2 is 2.11 bits per heavy atom. The number of hydrogen-bond donors (Lipinski definition) is 1. The SMILES string of the molecule is COc1ccc(Cl)cc1NC(=O)N1CCC(c2nnc(-c3ccoc3)o2)CC1. The molecule has 146 valence electrons. The standard InChI is InChI=1S/C19H19ClN4O4/c1-26-16-3-2-14(20)10-15(16)21-19(25)24-7-4-12(5-8-24)17-22-23-18(28-17)13-6-9-27-11-13/h2-3,6,9-12H,4-5,7-8H2,1H3,(H,21,25). The van der Waals surface area contributed by atoms with Crippen molar-refractivity contribution in [1.29, 1.82) is 0 Å². The van der Waals surface area contributed by atoms with E-state index in [0.29, 0.717) is 41.3 Å². The fourth-order valence-electron chi connectivity index (χ4n) is 3.20. The zero-order chi connectivity index (χ0) is 19.5. The molecule has 9 heteroatoms. The highest BCUT2D eigenvalue weighted by Crippen LogP contribution is 2.31. The van der Waals surface area contributed by atoms with E-state index in [4.69, 9.17) is 25.2 Å². The van der Waals surface area contributed by atoms with Gasteiger partial charge >= 0.3 is 6.03 Å². The number of anilines is 1. The summed E-state index contributed by atoms with van der Waals surface area (Å²) in [4.78, 5) is 14.4. The van der Waals surface area contributed by atoms with Crippen LogP contribution in [0, 0.1) is 0 Å². The summed E-state index contributed by atoms with van der Waals surface area (Å²) in [6, 6.07) is 6.68. The van der Waals surface area contributed by atoms with Crippen molar-refractivity contribution in [2.45, 2.75) is 18.8 Å². The molecule has 3 aromatic rings. The number of aromatic nitrogens is 2. The number of carbonyl (C=O) groups is 1. The molecule has 1 aliphatic rings. The highest BCUT2D eigenvalue weighted by atomic mass is 35.5. The molecule has 0 radical (unpaired) electrons. The van der Waals surface area contributed by atoms with E-state index >= 15 is 0 Å². The molecule has 2 aromatic heterocycles. The van der Waals surface area contributed by atoms with Crippen molar-refractivity contribution in [3.05, 3.63) is 47.7 Å². The highest BCUT2D eigenvalue weighted by molar-refractivity contribution is 6.31. The molecule has 3 heterocycles. The first-order valence-corrected chi connectivity index (χ1v) is 9.27. The number of urea groups is 1. The molecule has 1 saturated heterocycles. The van der Waals surface area contributed by atoms with Gasteiger partial charge in [0.15, 0.2) is 0 Å². The zero-order valence-corrected chi connectivity index (χ0v) is 16.0. The third-order valence-corrected chi connectivity index (χ3v) is 4.98. The normalized spacial score (nSPS) is 14.9. The van der Waals surface area contributed by atoms with Crippen molar-refractivity contribution >= 4 is 23.3 Å². The van der Waals surface area contributed by atoms with Gasteiger partial charge in [-0.2, -0.15) is 0 Å². The number of methoxy groups -OCH3 is 1. The van der Waals surface area contributed by atoms with Gasteiger partial charge in [-0.25, -0.2) is 4.79 Å². The first-order chi connectivity index (χ1) is 13.6. The van der Waals surface area contributed by atoms with Crippen molar-refractivity contribution in [1.82, 2.24) is 15.1 Å². The fourth-order valence-corrected chi connectivity index (χ4v) is 3.38. The summed E-state index contributed by atoms with van der Waals surface area (Å²) in [5.74, 6) is 1.72. The Morgan fingerprint density at radius 1 is 1.29 bits per heavy atom. The first kappa shape index (κ1) is 18.4. The maximum Gasteiger partial charge on any atom is 0.321 e. The van der Waals surface area contributed by atoms with Crippen LogP contribution < -0.4 is 10.1 Å². The number of benzene rings is 1. The van der Waals surface area contributed by atoms with Gasteiger partial charge < -0.3 is 23.8 Å². The average Bonchev–Trinajstić information content (AvgIpc) is 3.40. The number of ether oxygens (including phenoxy) is 1. The minimum Gasteiger partial charge on any atom is -0.495 e. The molecule has 1 aromatic carbocycles. The van der Waals surface area contributed by atoms with Crippen molar-refractivity contribution in [2.24, 2.45) is 0 Å². The molecule has 0 bridgehead atoms. The Labute approximate surface area is 166 Å². The molecule has 0 aliphatic carbocycles. The van der Waals surface area contributed by atoms with Gasteiger partial charge in [-0.3, -0.25) is 0 Å². The predicted molar refractivity (Wildman–Crippen MR) is 103 cm³/mol. The van der Waals surface area contributed by atoms with E-state index in [1.165, 1.54) is 0 Å². The van der Waals surface area contributed by atoms with Gasteiger partial charge in [0, 0.05) is 24.0 Å². The molecule has 4 rings (SSSR count). The van der Waals surface area contributed by atoms with E-state index in [0.717, 1.165) is 18.4 Å². The van der Waals surface area contributed by atoms with Gasteiger partial charge in [0.05, 0.1) is 24.6 Å². The molecular formula is C19H19ClN4O4. The number of amides is 2. The second-order valence-electron chi connectivity index (χ2n) is 6.49. The van der Waals surface area contributed by atoms with Crippen LogP contribution in [0.15, 0.2) is 45.6 Å². The molecule has 0 spiro atoms. The van der Waals surface area contributed by atoms with Gasteiger partial charge in [0.2, 0.25) is 5.89 Å². The number of nitrogens with one attached hydrogen (secondary N) is 1. The third-order valence-electron chi connectivity index (χ3n) is 4.74. The average molecular weight is 403 g/mol. The summed E-state index contributed by atoms with van der Waals surface area (Å²) >= 11 is 6.02. The number of piperidine rings is 1. The van der Waals surface area contributed by atoms with E-state index in [9.17, 15) is 4.79 Å². The van der Waals surface area contributed by atoms with Crippen LogP contribution in [0.25, 0.3) is 11.5 Å². The first-order valence-electron chi connectivity index (χ1n) is 8.89. The summed E-state index contributed by atoms with van der Waals surface area (Å²) in [7, 11) is 1.55. The summed E-state index contributed by atoms with van der Waals surface area (Å²) in [6.07, 6.45) is 4.61. The quantitative estimate of drug-likeness (QED) is 0.695. The van der Waals surface area contributed by atoms with Crippen LogP contribution in [0.4, 0.5) is 10.5 Å². The fraction of sp³-hybridized carbons (Fsp3) is 0.316. The lowest BCUT2D eigenvalue weighted by atomic mass is 9.97. The van der Waals surface area contributed by atoms with Crippen LogP contribution in [0.3, 0.4) is 0 Å². The number of hydrogen-bond acceptors (Lipinski definition) is 6. The Balaban J connectivity index is 1.36. The maximum absolute atomic E-state index is 12.6. The third kappa shape index (κ3) is 3.82. The number of nitrogens with zero attached hydrogens (tertiary/aromatic N) is 3. The minimum absolute atomic E-state index is 0.123. The van der Waals surface area contributed by atoms with Crippen molar-refractivity contribution < 1.29 is 18.4 Å². The van der Waals surface area contributed by atoms with Gasteiger partial charge in [0.1, 0.15) is 12.0 Å². The highest BCUT2D eigenvalue weighted by Gasteiger charge is 2.28. The maximum atomic E-state index is 12.6. The molecule has 1 aliphatic heterocycles. The van der Waals surface area contributed by atoms with Crippen LogP contribution in [0.2, 0.25) is 5.02 Å². The summed E-state index contributed by atoms with van der Waals surface area (Å²) in [5, 5.41) is 11.6. The van der Waals surface area contributed by atoms with Crippen LogP contribution >= 0.6 is 11.6 Å². The van der Waals surface area contributed by atoms with Gasteiger partial charge in [-0.05, 0) is 37.1 Å². The number of rotatable bonds is 4. The number of halogens is 1. The summed E-state index contributed by atoms with van der Waals surface area (Å²) < 4.78 is 16.1. The monoisotopic (exact) mass is 402 g/mol. The second-order valence-corrected chi connectivity index (χ2v) is 6.93. The number of carbonyl (C=O) groups excluding carboxylic acids is 1. The lowest BCUT2D eigenvalue weighted by Gasteiger charge is -2.30. The lowest BCUT2D eigenvalue weighted by Crippen LogP contribution is -2.40. The Kier molecular flexibility index (Phi) is 5.21. The van der Waals surface area contributed by atoms with Crippen LogP contribution in [0.1, 0.15) is 24.7 Å². The van der Waals surface area contributed by atoms with E-state index in [-0.39, 0.29) is 11.9 Å². The smallest absolute Gasteiger partial charge is 0.321 e. The van der Waals surface area contributed by atoms with E-state index < -0.39 is 0 Å². The van der Waals surface area contributed by atoms with Crippen molar-refractivity contribution in [2.75, 3.05) is 25.5 Å². The summed E-state index contributed by atoms with van der Waals surface area (Å²) in [6.45, 7) is 1.17. The predicted octanol–water partition coefficient (Wildman–Crippen LogP) is 4.40. The molecule has 28 heavy (non-hydrogen) atoms. The number of furan rings is 1. The van der Waals surface area contributed by atoms with Crippen LogP contribution in [-0.2, 0) is 0 Å². The minimum atomic E-state index is -0.191. The van der Waals surface area contributed by atoms with Gasteiger partial charge in [-0.1, -0.05) is 11.6 Å². The van der Waals surface area contributed by atoms with Gasteiger partial charge in [0.25, 0.3) is 5.89 Å². The Hall–Kier alpha value is -3.00. The molecule has 0 atom stereocenters. The second kappa shape index (κ2) is 7.93. The van der Waals surface area contributed by atoms with E-state index in [2.05, 4.69) is 15.5 Å². The van der Waals surface area contributed by atoms with Crippen molar-refractivity contribution in [3.63, 3.8) is 0 Å².